The number of hydrazone groups is 1. The molecule has 23 heavy (non-hydrogen) atoms. The minimum atomic E-state index is -0.407. The van der Waals surface area contributed by atoms with Crippen molar-refractivity contribution in [3.63, 3.8) is 0 Å². The average Bonchev–Trinajstić information content (AvgIpc) is 2.84. The molecule has 1 amide bonds. The summed E-state index contributed by atoms with van der Waals surface area (Å²) in [4.78, 5) is 16.6. The van der Waals surface area contributed by atoms with E-state index in [1.54, 1.807) is 41.8 Å². The van der Waals surface area contributed by atoms with Crippen LogP contribution in [0.2, 0.25) is 5.02 Å². The lowest BCUT2D eigenvalue weighted by molar-refractivity contribution is 0.0948. The molecule has 0 spiro atoms. The number of hydrogen-bond donors (Lipinski definition) is 1. The molecule has 1 aromatic carbocycles. The first-order valence-corrected chi connectivity index (χ1v) is 7.15. The monoisotopic (exact) mass is 330 g/mol. The number of imidazole rings is 1. The minimum Gasteiger partial charge on any atom is -0.294 e. The van der Waals surface area contributed by atoms with Crippen LogP contribution in [0.3, 0.4) is 0 Å². The first-order chi connectivity index (χ1) is 11.0. The number of rotatable bonds is 3. The fraction of sp³-hybridized carbons (Fsp3) is 0.0625. The van der Waals surface area contributed by atoms with E-state index in [1.807, 2.05) is 0 Å². The summed E-state index contributed by atoms with van der Waals surface area (Å²) in [5, 5.41) is 4.38. The molecule has 0 saturated heterocycles. The first kappa shape index (κ1) is 15.2. The van der Waals surface area contributed by atoms with Gasteiger partial charge in [-0.3, -0.25) is 9.20 Å². The Bertz CT molecular complexity index is 902. The average molecular weight is 331 g/mol. The van der Waals surface area contributed by atoms with Gasteiger partial charge in [-0.15, -0.1) is 0 Å². The van der Waals surface area contributed by atoms with E-state index >= 15 is 0 Å². The topological polar surface area (TPSA) is 58.8 Å². The highest BCUT2D eigenvalue weighted by Gasteiger charge is 2.16. The van der Waals surface area contributed by atoms with Crippen molar-refractivity contribution in [1.82, 2.24) is 14.8 Å². The van der Waals surface area contributed by atoms with Crippen molar-refractivity contribution in [2.24, 2.45) is 5.10 Å². The van der Waals surface area contributed by atoms with E-state index in [9.17, 15) is 9.18 Å². The van der Waals surface area contributed by atoms with Crippen LogP contribution < -0.4 is 5.43 Å². The Hall–Kier alpha value is -2.73. The van der Waals surface area contributed by atoms with Crippen LogP contribution in [0.1, 0.15) is 21.7 Å². The van der Waals surface area contributed by atoms with Gasteiger partial charge in [0.1, 0.15) is 17.2 Å². The molecule has 0 bridgehead atoms. The van der Waals surface area contributed by atoms with Gasteiger partial charge in [0.25, 0.3) is 5.91 Å². The van der Waals surface area contributed by atoms with Crippen molar-refractivity contribution in [3.05, 3.63) is 70.4 Å². The summed E-state index contributed by atoms with van der Waals surface area (Å²) in [6, 6.07) is 9.19. The summed E-state index contributed by atoms with van der Waals surface area (Å²) in [6.07, 6.45) is 3.05. The summed E-state index contributed by atoms with van der Waals surface area (Å²) in [5.41, 5.74) is 4.66. The van der Waals surface area contributed by atoms with Crippen molar-refractivity contribution >= 4 is 29.4 Å². The van der Waals surface area contributed by atoms with Gasteiger partial charge >= 0.3 is 0 Å². The van der Waals surface area contributed by atoms with Crippen molar-refractivity contribution in [3.8, 4) is 0 Å². The van der Waals surface area contributed by atoms with Crippen LogP contribution in [0.25, 0.3) is 5.65 Å². The third-order valence-electron chi connectivity index (χ3n) is 3.22. The number of fused-ring (bicyclic) bond motifs is 1. The molecule has 0 radical (unpaired) electrons. The highest BCUT2D eigenvalue weighted by Crippen LogP contribution is 2.16. The first-order valence-electron chi connectivity index (χ1n) is 6.78. The van der Waals surface area contributed by atoms with Gasteiger partial charge in [0.15, 0.2) is 0 Å². The Labute approximate surface area is 136 Å². The predicted molar refractivity (Wildman–Crippen MR) is 86.4 cm³/mol. The molecule has 0 saturated carbocycles. The third kappa shape index (κ3) is 3.22. The van der Waals surface area contributed by atoms with Crippen LogP contribution in [0, 0.1) is 12.7 Å². The molecule has 0 aliphatic heterocycles. The summed E-state index contributed by atoms with van der Waals surface area (Å²) in [6.45, 7) is 1.74. The maximum absolute atomic E-state index is 12.8. The number of hydrogen-bond acceptors (Lipinski definition) is 3. The highest BCUT2D eigenvalue weighted by molar-refractivity contribution is 6.30. The zero-order chi connectivity index (χ0) is 16.4. The zero-order valence-corrected chi connectivity index (χ0v) is 12.9. The van der Waals surface area contributed by atoms with Gasteiger partial charge in [-0.1, -0.05) is 23.7 Å². The standard InChI is InChI=1S/C16H12ClFN4O/c1-10-15(22-9-12(17)4-7-14(22)20-10)16(23)21-19-8-11-2-5-13(18)6-3-11/h2-9H,1H3,(H,21,23)/b19-8+. The molecule has 2 aromatic heterocycles. The number of benzene rings is 1. The summed E-state index contributed by atoms with van der Waals surface area (Å²) < 4.78 is 14.4. The molecule has 7 heteroatoms. The molecule has 116 valence electrons. The fourth-order valence-electron chi connectivity index (χ4n) is 2.18. The Morgan fingerprint density at radius 3 is 2.78 bits per heavy atom. The van der Waals surface area contributed by atoms with E-state index in [0.29, 0.717) is 27.6 Å². The van der Waals surface area contributed by atoms with Crippen LogP contribution in [0.4, 0.5) is 4.39 Å². The highest BCUT2D eigenvalue weighted by atomic mass is 35.5. The Kier molecular flexibility index (Phi) is 4.08. The molecule has 5 nitrogen and oxygen atoms in total. The predicted octanol–water partition coefficient (Wildman–Crippen LogP) is 3.20. The van der Waals surface area contributed by atoms with Crippen LogP contribution >= 0.6 is 11.6 Å². The second-order valence-electron chi connectivity index (χ2n) is 4.87. The number of nitrogens with zero attached hydrogens (tertiary/aromatic N) is 3. The fourth-order valence-corrected chi connectivity index (χ4v) is 2.34. The van der Waals surface area contributed by atoms with E-state index in [-0.39, 0.29) is 5.82 Å². The number of nitrogens with one attached hydrogen (secondary N) is 1. The minimum absolute atomic E-state index is 0.329. The lowest BCUT2D eigenvalue weighted by Gasteiger charge is -2.02. The molecule has 3 aromatic rings. The summed E-state index contributed by atoms with van der Waals surface area (Å²) in [7, 11) is 0. The van der Waals surface area contributed by atoms with Gasteiger partial charge in [-0.2, -0.15) is 5.10 Å². The number of halogens is 2. The normalized spacial score (nSPS) is 11.3. The van der Waals surface area contributed by atoms with E-state index in [0.717, 1.165) is 0 Å². The number of aryl methyl sites for hydroxylation is 1. The second-order valence-corrected chi connectivity index (χ2v) is 5.31. The molecule has 3 rings (SSSR count). The van der Waals surface area contributed by atoms with Gasteiger partial charge in [-0.05, 0) is 36.8 Å². The number of pyridine rings is 1. The summed E-state index contributed by atoms with van der Waals surface area (Å²) >= 11 is 5.96. The van der Waals surface area contributed by atoms with Gasteiger partial charge < -0.3 is 0 Å². The van der Waals surface area contributed by atoms with Crippen molar-refractivity contribution in [2.75, 3.05) is 0 Å². The Morgan fingerprint density at radius 1 is 1.30 bits per heavy atom. The second kappa shape index (κ2) is 6.18. The quantitative estimate of drug-likeness (QED) is 0.592. The van der Waals surface area contributed by atoms with Gasteiger partial charge in [0, 0.05) is 6.20 Å². The molecule has 0 aliphatic carbocycles. The van der Waals surface area contributed by atoms with E-state index in [4.69, 9.17) is 11.6 Å². The van der Waals surface area contributed by atoms with E-state index in [1.165, 1.54) is 18.3 Å². The lowest BCUT2D eigenvalue weighted by Crippen LogP contribution is -2.20. The van der Waals surface area contributed by atoms with Crippen LogP contribution in [-0.2, 0) is 0 Å². The number of carbonyl (C=O) groups excluding carboxylic acids is 1. The molecule has 2 heterocycles. The lowest BCUT2D eigenvalue weighted by atomic mass is 10.2. The van der Waals surface area contributed by atoms with Crippen LogP contribution in [0.5, 0.6) is 0 Å². The SMILES string of the molecule is Cc1nc2ccc(Cl)cn2c1C(=O)N/N=C/c1ccc(F)cc1. The molecular weight excluding hydrogens is 319 g/mol. The van der Waals surface area contributed by atoms with E-state index in [2.05, 4.69) is 15.5 Å². The molecular formula is C16H12ClFN4O. The van der Waals surface area contributed by atoms with Gasteiger partial charge in [0.2, 0.25) is 0 Å². The number of aromatic nitrogens is 2. The zero-order valence-electron chi connectivity index (χ0n) is 12.1. The smallest absolute Gasteiger partial charge is 0.290 e. The third-order valence-corrected chi connectivity index (χ3v) is 3.45. The molecule has 0 aliphatic rings. The van der Waals surface area contributed by atoms with Crippen LogP contribution in [0.15, 0.2) is 47.7 Å². The van der Waals surface area contributed by atoms with Crippen LogP contribution in [-0.4, -0.2) is 21.5 Å². The molecule has 0 atom stereocenters. The van der Waals surface area contributed by atoms with Crippen molar-refractivity contribution in [1.29, 1.82) is 0 Å². The number of amides is 1. The van der Waals surface area contributed by atoms with E-state index < -0.39 is 5.91 Å². The Morgan fingerprint density at radius 2 is 2.04 bits per heavy atom. The molecule has 0 fully saturated rings. The maximum atomic E-state index is 12.8. The molecule has 0 unspecified atom stereocenters. The largest absolute Gasteiger partial charge is 0.294 e. The molecule has 1 N–H and O–H groups in total. The van der Waals surface area contributed by atoms with Gasteiger partial charge in [0.05, 0.1) is 16.9 Å². The van der Waals surface area contributed by atoms with Gasteiger partial charge in [-0.25, -0.2) is 14.8 Å². The maximum Gasteiger partial charge on any atom is 0.290 e. The van der Waals surface area contributed by atoms with Crippen molar-refractivity contribution < 1.29 is 9.18 Å². The Balaban J connectivity index is 1.82. The number of carbonyl (C=O) groups is 1. The van der Waals surface area contributed by atoms with Crippen molar-refractivity contribution in [2.45, 2.75) is 6.92 Å². The summed E-state index contributed by atoms with van der Waals surface area (Å²) in [5.74, 6) is -0.736.